The van der Waals surface area contributed by atoms with Gasteiger partial charge in [-0.15, -0.1) is 0 Å². The highest BCUT2D eigenvalue weighted by molar-refractivity contribution is 5.91. The van der Waals surface area contributed by atoms with Crippen LogP contribution in [0.2, 0.25) is 0 Å². The van der Waals surface area contributed by atoms with E-state index in [-0.39, 0.29) is 11.8 Å². The zero-order chi connectivity index (χ0) is 17.9. The van der Waals surface area contributed by atoms with Gasteiger partial charge in [0.1, 0.15) is 5.82 Å². The molecule has 1 saturated heterocycles. The maximum Gasteiger partial charge on any atom is 0.289 e. The molecule has 26 heavy (non-hydrogen) atoms. The summed E-state index contributed by atoms with van der Waals surface area (Å²) in [6.45, 7) is 3.27. The van der Waals surface area contributed by atoms with Crippen LogP contribution in [0.3, 0.4) is 0 Å². The van der Waals surface area contributed by atoms with Crippen molar-refractivity contribution in [1.29, 1.82) is 0 Å². The SMILES string of the molecule is Cc1ncc(-c2ccncc2)c([C@@H]2CCCN(C(=O)c3ccco3)C2)n1. The monoisotopic (exact) mass is 348 g/mol. The largest absolute Gasteiger partial charge is 0.459 e. The average Bonchev–Trinajstić information content (AvgIpc) is 3.23. The topological polar surface area (TPSA) is 72.1 Å². The maximum atomic E-state index is 12.7. The molecule has 4 rings (SSSR count). The lowest BCUT2D eigenvalue weighted by Gasteiger charge is -2.32. The first-order chi connectivity index (χ1) is 12.7. The third-order valence-electron chi connectivity index (χ3n) is 4.76. The van der Waals surface area contributed by atoms with E-state index in [9.17, 15) is 4.79 Å². The fourth-order valence-electron chi connectivity index (χ4n) is 3.49. The summed E-state index contributed by atoms with van der Waals surface area (Å²) in [5.41, 5.74) is 3.06. The molecule has 1 aliphatic heterocycles. The molecule has 3 aromatic rings. The first kappa shape index (κ1) is 16.4. The predicted molar refractivity (Wildman–Crippen MR) is 96.6 cm³/mol. The Morgan fingerprint density at radius 3 is 2.88 bits per heavy atom. The van der Waals surface area contributed by atoms with Crippen molar-refractivity contribution in [2.45, 2.75) is 25.7 Å². The lowest BCUT2D eigenvalue weighted by molar-refractivity contribution is 0.0674. The van der Waals surface area contributed by atoms with Crippen molar-refractivity contribution in [2.75, 3.05) is 13.1 Å². The van der Waals surface area contributed by atoms with Gasteiger partial charge in [-0.1, -0.05) is 0 Å². The van der Waals surface area contributed by atoms with Gasteiger partial charge >= 0.3 is 0 Å². The molecule has 0 N–H and O–H groups in total. The van der Waals surface area contributed by atoms with Crippen LogP contribution in [0.5, 0.6) is 0 Å². The van der Waals surface area contributed by atoms with Crippen LogP contribution in [0.25, 0.3) is 11.1 Å². The Hall–Kier alpha value is -3.02. The molecule has 6 heteroatoms. The number of likely N-dealkylation sites (tertiary alicyclic amines) is 1. The number of rotatable bonds is 3. The van der Waals surface area contributed by atoms with Crippen molar-refractivity contribution in [3.8, 4) is 11.1 Å². The first-order valence-corrected chi connectivity index (χ1v) is 8.79. The zero-order valence-corrected chi connectivity index (χ0v) is 14.6. The molecule has 132 valence electrons. The van der Waals surface area contributed by atoms with Gasteiger partial charge in [-0.05, 0) is 49.6 Å². The number of piperidine rings is 1. The fourth-order valence-corrected chi connectivity index (χ4v) is 3.49. The highest BCUT2D eigenvalue weighted by Gasteiger charge is 2.29. The minimum Gasteiger partial charge on any atom is -0.459 e. The number of nitrogens with zero attached hydrogens (tertiary/aromatic N) is 4. The molecule has 1 amide bonds. The van der Waals surface area contributed by atoms with Crippen LogP contribution >= 0.6 is 0 Å². The van der Waals surface area contributed by atoms with Gasteiger partial charge in [0, 0.05) is 43.2 Å². The van der Waals surface area contributed by atoms with Crippen molar-refractivity contribution in [3.05, 3.63) is 66.4 Å². The van der Waals surface area contributed by atoms with Crippen molar-refractivity contribution >= 4 is 5.91 Å². The standard InChI is InChI=1S/C20H20N4O2/c1-14-22-12-17(15-6-8-21-9-7-15)19(23-14)16-4-2-10-24(13-16)20(25)18-5-3-11-26-18/h3,5-9,11-12,16H,2,4,10,13H2,1H3/t16-/m1/s1. The number of aryl methyl sites for hydroxylation is 1. The number of carbonyl (C=O) groups excluding carboxylic acids is 1. The number of aromatic nitrogens is 3. The van der Waals surface area contributed by atoms with E-state index in [1.807, 2.05) is 30.2 Å². The molecular weight excluding hydrogens is 328 g/mol. The molecule has 6 nitrogen and oxygen atoms in total. The van der Waals surface area contributed by atoms with Crippen LogP contribution < -0.4 is 0 Å². The summed E-state index contributed by atoms with van der Waals surface area (Å²) in [7, 11) is 0. The Morgan fingerprint density at radius 1 is 1.27 bits per heavy atom. The smallest absolute Gasteiger partial charge is 0.289 e. The molecule has 0 aromatic carbocycles. The Morgan fingerprint density at radius 2 is 2.12 bits per heavy atom. The van der Waals surface area contributed by atoms with E-state index in [4.69, 9.17) is 9.40 Å². The molecule has 1 aliphatic rings. The molecule has 0 unspecified atom stereocenters. The first-order valence-electron chi connectivity index (χ1n) is 8.79. The predicted octanol–water partition coefficient (Wildman–Crippen LogP) is 3.46. The maximum absolute atomic E-state index is 12.7. The second kappa shape index (κ2) is 7.07. The summed E-state index contributed by atoms with van der Waals surface area (Å²) in [4.78, 5) is 27.7. The third-order valence-corrected chi connectivity index (χ3v) is 4.76. The highest BCUT2D eigenvalue weighted by atomic mass is 16.3. The number of furan rings is 1. The lowest BCUT2D eigenvalue weighted by Crippen LogP contribution is -2.39. The average molecular weight is 348 g/mol. The molecule has 1 fully saturated rings. The van der Waals surface area contributed by atoms with Crippen LogP contribution in [-0.2, 0) is 0 Å². The summed E-state index contributed by atoms with van der Waals surface area (Å²) in [5.74, 6) is 1.25. The second-order valence-electron chi connectivity index (χ2n) is 6.52. The van der Waals surface area contributed by atoms with E-state index in [1.54, 1.807) is 24.5 Å². The Labute approximate surface area is 151 Å². The Kier molecular flexibility index (Phi) is 4.48. The lowest BCUT2D eigenvalue weighted by atomic mass is 9.90. The minimum atomic E-state index is -0.0593. The molecule has 0 aliphatic carbocycles. The van der Waals surface area contributed by atoms with Crippen molar-refractivity contribution in [2.24, 2.45) is 0 Å². The molecular formula is C20H20N4O2. The quantitative estimate of drug-likeness (QED) is 0.725. The molecule has 0 bridgehead atoms. The summed E-state index contributed by atoms with van der Waals surface area (Å²) in [6.07, 6.45) is 8.88. The van der Waals surface area contributed by atoms with Gasteiger partial charge in [0.15, 0.2) is 5.76 Å². The fraction of sp³-hybridized carbons (Fsp3) is 0.300. The summed E-state index contributed by atoms with van der Waals surface area (Å²) in [5, 5.41) is 0. The zero-order valence-electron chi connectivity index (χ0n) is 14.6. The molecule has 0 spiro atoms. The number of carbonyl (C=O) groups is 1. The number of amides is 1. The van der Waals surface area contributed by atoms with E-state index in [0.717, 1.165) is 42.0 Å². The Balaban J connectivity index is 1.65. The summed E-state index contributed by atoms with van der Waals surface area (Å²) < 4.78 is 5.28. The highest BCUT2D eigenvalue weighted by Crippen LogP contribution is 2.33. The van der Waals surface area contributed by atoms with Crippen LogP contribution in [0.15, 0.2) is 53.5 Å². The third kappa shape index (κ3) is 3.22. The normalized spacial score (nSPS) is 17.3. The van der Waals surface area contributed by atoms with E-state index >= 15 is 0 Å². The number of hydrogen-bond acceptors (Lipinski definition) is 5. The van der Waals surface area contributed by atoms with E-state index in [0.29, 0.717) is 12.3 Å². The van der Waals surface area contributed by atoms with Gasteiger partial charge in [-0.25, -0.2) is 9.97 Å². The van der Waals surface area contributed by atoms with Gasteiger partial charge in [-0.3, -0.25) is 9.78 Å². The molecule has 0 radical (unpaired) electrons. The summed E-state index contributed by atoms with van der Waals surface area (Å²) in [6, 6.07) is 7.38. The van der Waals surface area contributed by atoms with Gasteiger partial charge in [0.2, 0.25) is 0 Å². The van der Waals surface area contributed by atoms with E-state index < -0.39 is 0 Å². The van der Waals surface area contributed by atoms with Crippen molar-refractivity contribution in [3.63, 3.8) is 0 Å². The van der Waals surface area contributed by atoms with Crippen LogP contribution in [0.1, 0.15) is 40.8 Å². The molecule has 1 atom stereocenters. The van der Waals surface area contributed by atoms with Crippen molar-refractivity contribution in [1.82, 2.24) is 19.9 Å². The second-order valence-corrected chi connectivity index (χ2v) is 6.52. The van der Waals surface area contributed by atoms with Crippen LogP contribution in [0.4, 0.5) is 0 Å². The van der Waals surface area contributed by atoms with Crippen molar-refractivity contribution < 1.29 is 9.21 Å². The van der Waals surface area contributed by atoms with Gasteiger partial charge in [-0.2, -0.15) is 0 Å². The molecule has 4 heterocycles. The van der Waals surface area contributed by atoms with E-state index in [2.05, 4.69) is 9.97 Å². The van der Waals surface area contributed by atoms with Crippen LogP contribution in [-0.4, -0.2) is 38.8 Å². The van der Waals surface area contributed by atoms with Gasteiger partial charge < -0.3 is 9.32 Å². The van der Waals surface area contributed by atoms with Crippen LogP contribution in [0, 0.1) is 6.92 Å². The molecule has 3 aromatic heterocycles. The minimum absolute atomic E-state index is 0.0593. The molecule has 0 saturated carbocycles. The van der Waals surface area contributed by atoms with E-state index in [1.165, 1.54) is 6.26 Å². The van der Waals surface area contributed by atoms with Gasteiger partial charge in [0.25, 0.3) is 5.91 Å². The summed E-state index contributed by atoms with van der Waals surface area (Å²) >= 11 is 0. The van der Waals surface area contributed by atoms with Gasteiger partial charge in [0.05, 0.1) is 12.0 Å². The number of hydrogen-bond donors (Lipinski definition) is 0. The Bertz CT molecular complexity index is 893. The number of pyridine rings is 1.